The molecule has 0 fully saturated rings. The first-order valence-electron chi connectivity index (χ1n) is 6.78. The molecule has 0 aliphatic rings. The normalized spacial score (nSPS) is 12.4. The summed E-state index contributed by atoms with van der Waals surface area (Å²) in [7, 11) is 0. The van der Waals surface area contributed by atoms with Crippen molar-refractivity contribution >= 4 is 23.2 Å². The summed E-state index contributed by atoms with van der Waals surface area (Å²) in [5.74, 6) is 0. The van der Waals surface area contributed by atoms with Crippen molar-refractivity contribution < 1.29 is 0 Å². The summed E-state index contributed by atoms with van der Waals surface area (Å²) in [5.41, 5.74) is 3.88. The van der Waals surface area contributed by atoms with E-state index in [-0.39, 0.29) is 0 Å². The molecule has 1 N–H and O–H groups in total. The number of benzene rings is 2. The van der Waals surface area contributed by atoms with Gasteiger partial charge in [-0.1, -0.05) is 53.5 Å². The third-order valence-corrected chi connectivity index (χ3v) is 4.17. The van der Waals surface area contributed by atoms with Gasteiger partial charge in [-0.15, -0.1) is 0 Å². The van der Waals surface area contributed by atoms with Crippen LogP contribution in [0.4, 0.5) is 0 Å². The van der Waals surface area contributed by atoms with E-state index in [0.29, 0.717) is 16.1 Å². The van der Waals surface area contributed by atoms with Crippen molar-refractivity contribution in [2.75, 3.05) is 0 Å². The Bertz CT molecular complexity index is 581. The molecule has 106 valence electrons. The minimum atomic E-state index is 0.408. The molecule has 0 saturated heterocycles. The number of hydrogen-bond donors (Lipinski definition) is 1. The first kappa shape index (κ1) is 15.4. The molecule has 1 unspecified atom stereocenters. The fourth-order valence-electron chi connectivity index (χ4n) is 2.18. The zero-order valence-electron chi connectivity index (χ0n) is 11.8. The van der Waals surface area contributed by atoms with Crippen LogP contribution < -0.4 is 5.32 Å². The predicted octanol–water partition coefficient (Wildman–Crippen LogP) is 5.02. The Labute approximate surface area is 130 Å². The van der Waals surface area contributed by atoms with Crippen molar-refractivity contribution in [3.63, 3.8) is 0 Å². The van der Waals surface area contributed by atoms with Crippen LogP contribution in [0.1, 0.15) is 23.6 Å². The first-order valence-corrected chi connectivity index (χ1v) is 7.53. The molecular weight excluding hydrogens is 289 g/mol. The number of halogens is 2. The Kier molecular flexibility index (Phi) is 5.47. The quantitative estimate of drug-likeness (QED) is 0.817. The molecule has 2 rings (SSSR count). The molecule has 1 atom stereocenters. The predicted molar refractivity (Wildman–Crippen MR) is 87.6 cm³/mol. The van der Waals surface area contributed by atoms with E-state index >= 15 is 0 Å². The minimum Gasteiger partial charge on any atom is -0.310 e. The second-order valence-corrected chi connectivity index (χ2v) is 5.98. The van der Waals surface area contributed by atoms with E-state index in [9.17, 15) is 0 Å². The SMILES string of the molecule is Cc1ccccc1CC(C)NCc1ccc(Cl)c(Cl)c1. The summed E-state index contributed by atoms with van der Waals surface area (Å²) in [6, 6.07) is 14.7. The van der Waals surface area contributed by atoms with Crippen LogP contribution in [-0.4, -0.2) is 6.04 Å². The van der Waals surface area contributed by atoms with Gasteiger partial charge < -0.3 is 5.32 Å². The molecule has 0 aliphatic carbocycles. The summed E-state index contributed by atoms with van der Waals surface area (Å²) in [6.07, 6.45) is 1.02. The van der Waals surface area contributed by atoms with Gasteiger partial charge in [0, 0.05) is 12.6 Å². The molecular formula is C17H19Cl2N. The van der Waals surface area contributed by atoms with Crippen molar-refractivity contribution in [2.45, 2.75) is 32.9 Å². The lowest BCUT2D eigenvalue weighted by molar-refractivity contribution is 0.544. The van der Waals surface area contributed by atoms with Crippen molar-refractivity contribution in [3.05, 3.63) is 69.2 Å². The van der Waals surface area contributed by atoms with Crippen LogP contribution in [0.3, 0.4) is 0 Å². The zero-order chi connectivity index (χ0) is 14.5. The molecule has 0 bridgehead atoms. The van der Waals surface area contributed by atoms with E-state index in [1.165, 1.54) is 11.1 Å². The molecule has 0 radical (unpaired) electrons. The Hall–Kier alpha value is -1.02. The third-order valence-electron chi connectivity index (χ3n) is 3.43. The van der Waals surface area contributed by atoms with Gasteiger partial charge >= 0.3 is 0 Å². The van der Waals surface area contributed by atoms with E-state index < -0.39 is 0 Å². The summed E-state index contributed by atoms with van der Waals surface area (Å²) in [5, 5.41) is 4.73. The molecule has 1 nitrogen and oxygen atoms in total. The smallest absolute Gasteiger partial charge is 0.0595 e. The molecule has 0 amide bonds. The average Bonchev–Trinajstić information content (AvgIpc) is 2.43. The summed E-state index contributed by atoms with van der Waals surface area (Å²) < 4.78 is 0. The molecule has 3 heteroatoms. The van der Waals surface area contributed by atoms with E-state index in [2.05, 4.69) is 43.4 Å². The van der Waals surface area contributed by atoms with Gasteiger partial charge in [0.1, 0.15) is 0 Å². The monoisotopic (exact) mass is 307 g/mol. The highest BCUT2D eigenvalue weighted by atomic mass is 35.5. The first-order chi connectivity index (χ1) is 9.56. The van der Waals surface area contributed by atoms with Crippen LogP contribution in [0.5, 0.6) is 0 Å². The van der Waals surface area contributed by atoms with Crippen LogP contribution >= 0.6 is 23.2 Å². The van der Waals surface area contributed by atoms with Crippen LogP contribution in [-0.2, 0) is 13.0 Å². The van der Waals surface area contributed by atoms with E-state index in [1.807, 2.05) is 18.2 Å². The van der Waals surface area contributed by atoms with Gasteiger partial charge in [0.05, 0.1) is 10.0 Å². The summed E-state index contributed by atoms with van der Waals surface area (Å²) in [6.45, 7) is 5.15. The molecule has 0 spiro atoms. The van der Waals surface area contributed by atoms with E-state index in [1.54, 1.807) is 0 Å². The standard InChI is InChI=1S/C17H19Cl2N/c1-12-5-3-4-6-15(12)9-13(2)20-11-14-7-8-16(18)17(19)10-14/h3-8,10,13,20H,9,11H2,1-2H3. The summed E-state index contributed by atoms with van der Waals surface area (Å²) >= 11 is 11.9. The van der Waals surface area contributed by atoms with Crippen LogP contribution in [0, 0.1) is 6.92 Å². The van der Waals surface area contributed by atoms with Crippen LogP contribution in [0.2, 0.25) is 10.0 Å². The van der Waals surface area contributed by atoms with Gasteiger partial charge in [-0.05, 0) is 49.1 Å². The Morgan fingerprint density at radius 1 is 1.05 bits per heavy atom. The molecule has 0 saturated carbocycles. The number of hydrogen-bond acceptors (Lipinski definition) is 1. The van der Waals surface area contributed by atoms with E-state index in [0.717, 1.165) is 18.5 Å². The topological polar surface area (TPSA) is 12.0 Å². The molecule has 0 aromatic heterocycles. The highest BCUT2D eigenvalue weighted by Gasteiger charge is 2.06. The van der Waals surface area contributed by atoms with Crippen molar-refractivity contribution in [2.24, 2.45) is 0 Å². The van der Waals surface area contributed by atoms with Crippen molar-refractivity contribution in [3.8, 4) is 0 Å². The fraction of sp³-hybridized carbons (Fsp3) is 0.294. The Morgan fingerprint density at radius 3 is 2.50 bits per heavy atom. The molecule has 0 heterocycles. The molecule has 2 aromatic rings. The van der Waals surface area contributed by atoms with Gasteiger partial charge in [0.15, 0.2) is 0 Å². The molecule has 2 aromatic carbocycles. The van der Waals surface area contributed by atoms with E-state index in [4.69, 9.17) is 23.2 Å². The lowest BCUT2D eigenvalue weighted by atomic mass is 10.0. The van der Waals surface area contributed by atoms with Crippen molar-refractivity contribution in [1.29, 1.82) is 0 Å². The lowest BCUT2D eigenvalue weighted by Crippen LogP contribution is -2.27. The lowest BCUT2D eigenvalue weighted by Gasteiger charge is -2.15. The third kappa shape index (κ3) is 4.24. The highest BCUT2D eigenvalue weighted by molar-refractivity contribution is 6.42. The fourth-order valence-corrected chi connectivity index (χ4v) is 2.50. The van der Waals surface area contributed by atoms with Crippen molar-refractivity contribution in [1.82, 2.24) is 5.32 Å². The van der Waals surface area contributed by atoms with Gasteiger partial charge in [0.25, 0.3) is 0 Å². The van der Waals surface area contributed by atoms with Crippen LogP contribution in [0.15, 0.2) is 42.5 Å². The number of rotatable bonds is 5. The molecule has 0 aliphatic heterocycles. The Balaban J connectivity index is 1.90. The number of nitrogens with one attached hydrogen (secondary N) is 1. The number of aryl methyl sites for hydroxylation is 1. The zero-order valence-corrected chi connectivity index (χ0v) is 13.3. The maximum Gasteiger partial charge on any atom is 0.0595 e. The maximum atomic E-state index is 6.02. The van der Waals surface area contributed by atoms with Gasteiger partial charge in [-0.3, -0.25) is 0 Å². The maximum absolute atomic E-state index is 6.02. The minimum absolute atomic E-state index is 0.408. The average molecular weight is 308 g/mol. The van der Waals surface area contributed by atoms with Gasteiger partial charge in [0.2, 0.25) is 0 Å². The van der Waals surface area contributed by atoms with Gasteiger partial charge in [-0.2, -0.15) is 0 Å². The summed E-state index contributed by atoms with van der Waals surface area (Å²) in [4.78, 5) is 0. The Morgan fingerprint density at radius 2 is 1.80 bits per heavy atom. The van der Waals surface area contributed by atoms with Crippen LogP contribution in [0.25, 0.3) is 0 Å². The molecule has 20 heavy (non-hydrogen) atoms. The highest BCUT2D eigenvalue weighted by Crippen LogP contribution is 2.22. The van der Waals surface area contributed by atoms with Gasteiger partial charge in [-0.25, -0.2) is 0 Å². The second kappa shape index (κ2) is 7.12. The largest absolute Gasteiger partial charge is 0.310 e. The second-order valence-electron chi connectivity index (χ2n) is 5.16.